The Bertz CT molecular complexity index is 380. The van der Waals surface area contributed by atoms with Gasteiger partial charge in [-0.05, 0) is 24.6 Å². The van der Waals surface area contributed by atoms with Crippen LogP contribution in [0.5, 0.6) is 5.75 Å². The van der Waals surface area contributed by atoms with Crippen LogP contribution in [0, 0.1) is 6.92 Å². The van der Waals surface area contributed by atoms with Gasteiger partial charge in [-0.15, -0.1) is 0 Å². The van der Waals surface area contributed by atoms with E-state index in [1.54, 1.807) is 7.11 Å². The minimum absolute atomic E-state index is 0.455. The highest BCUT2D eigenvalue weighted by Crippen LogP contribution is 2.28. The molecule has 0 aliphatic rings. The number of aryl methyl sites for hydroxylation is 1. The van der Waals surface area contributed by atoms with Crippen molar-refractivity contribution in [3.05, 3.63) is 27.7 Å². The number of nitrogens with one attached hydrogen (secondary N) is 1. The number of hydrogen-bond donors (Lipinski definition) is 1. The van der Waals surface area contributed by atoms with Crippen molar-refractivity contribution >= 4 is 15.9 Å². The van der Waals surface area contributed by atoms with Gasteiger partial charge in [-0.3, -0.25) is 0 Å². The summed E-state index contributed by atoms with van der Waals surface area (Å²) in [6.07, 6.45) is 0. The molecule has 18 heavy (non-hydrogen) atoms. The van der Waals surface area contributed by atoms with Crippen LogP contribution in [0.15, 0.2) is 16.6 Å². The van der Waals surface area contributed by atoms with Gasteiger partial charge in [0, 0.05) is 29.7 Å². The van der Waals surface area contributed by atoms with Crippen LogP contribution in [0.1, 0.15) is 25.0 Å². The Morgan fingerprint density at radius 1 is 1.28 bits per heavy atom. The van der Waals surface area contributed by atoms with E-state index in [1.807, 2.05) is 0 Å². The Labute approximate surface area is 118 Å². The van der Waals surface area contributed by atoms with Crippen LogP contribution >= 0.6 is 15.9 Å². The topological polar surface area (TPSA) is 30.5 Å². The lowest BCUT2D eigenvalue weighted by Crippen LogP contribution is -2.22. The smallest absolute Gasteiger partial charge is 0.126 e. The summed E-state index contributed by atoms with van der Waals surface area (Å²) in [5.74, 6) is 0.961. The normalized spacial score (nSPS) is 11.0. The maximum Gasteiger partial charge on any atom is 0.126 e. The maximum absolute atomic E-state index is 5.81. The molecule has 0 heterocycles. The molecule has 1 rings (SSSR count). The highest BCUT2D eigenvalue weighted by atomic mass is 79.9. The third-order valence-electron chi connectivity index (χ3n) is 2.55. The Kier molecular flexibility index (Phi) is 6.68. The zero-order chi connectivity index (χ0) is 13.5. The molecule has 3 nitrogen and oxygen atoms in total. The van der Waals surface area contributed by atoms with E-state index in [2.05, 4.69) is 54.2 Å². The molecule has 0 aromatic heterocycles. The largest absolute Gasteiger partial charge is 0.491 e. The molecule has 1 aromatic rings. The van der Waals surface area contributed by atoms with Crippen LogP contribution in [-0.2, 0) is 11.3 Å². The van der Waals surface area contributed by atoms with Crippen molar-refractivity contribution in [3.63, 3.8) is 0 Å². The molecule has 0 bridgehead atoms. The van der Waals surface area contributed by atoms with E-state index in [1.165, 1.54) is 5.56 Å². The second-order valence-electron chi connectivity index (χ2n) is 4.59. The summed E-state index contributed by atoms with van der Waals surface area (Å²) >= 11 is 3.53. The minimum Gasteiger partial charge on any atom is -0.491 e. The first-order valence-electron chi connectivity index (χ1n) is 6.18. The van der Waals surface area contributed by atoms with Crippen LogP contribution in [-0.4, -0.2) is 26.4 Å². The quantitative estimate of drug-likeness (QED) is 0.783. The van der Waals surface area contributed by atoms with E-state index in [0.717, 1.165) is 22.3 Å². The van der Waals surface area contributed by atoms with E-state index >= 15 is 0 Å². The summed E-state index contributed by atoms with van der Waals surface area (Å²) in [5.41, 5.74) is 2.31. The van der Waals surface area contributed by atoms with Crippen LogP contribution in [0.25, 0.3) is 0 Å². The molecule has 0 amide bonds. The van der Waals surface area contributed by atoms with Crippen LogP contribution in [0.2, 0.25) is 0 Å². The zero-order valence-electron chi connectivity index (χ0n) is 11.5. The fraction of sp³-hybridized carbons (Fsp3) is 0.571. The molecule has 0 fully saturated rings. The van der Waals surface area contributed by atoms with Crippen LogP contribution in [0.4, 0.5) is 0 Å². The van der Waals surface area contributed by atoms with Crippen molar-refractivity contribution in [2.45, 2.75) is 33.4 Å². The Morgan fingerprint density at radius 2 is 2.00 bits per heavy atom. The molecule has 0 aliphatic heterocycles. The lowest BCUT2D eigenvalue weighted by Gasteiger charge is -2.16. The van der Waals surface area contributed by atoms with Gasteiger partial charge in [0.25, 0.3) is 0 Å². The lowest BCUT2D eigenvalue weighted by molar-refractivity contribution is 0.145. The minimum atomic E-state index is 0.455. The van der Waals surface area contributed by atoms with Crippen molar-refractivity contribution in [3.8, 4) is 5.75 Å². The first kappa shape index (κ1) is 15.5. The molecule has 0 radical (unpaired) electrons. The summed E-state index contributed by atoms with van der Waals surface area (Å²) in [6.45, 7) is 8.32. The zero-order valence-corrected chi connectivity index (χ0v) is 13.1. The van der Waals surface area contributed by atoms with Crippen molar-refractivity contribution < 1.29 is 9.47 Å². The summed E-state index contributed by atoms with van der Waals surface area (Å²) in [5, 5.41) is 3.41. The Balaban J connectivity index is 2.83. The van der Waals surface area contributed by atoms with Gasteiger partial charge in [-0.25, -0.2) is 0 Å². The molecule has 1 aromatic carbocycles. The SMILES string of the molecule is COCCOc1c(C)cc(Br)cc1CNC(C)C. The van der Waals surface area contributed by atoms with Gasteiger partial charge in [-0.1, -0.05) is 29.8 Å². The van der Waals surface area contributed by atoms with Crippen molar-refractivity contribution in [1.29, 1.82) is 0 Å². The van der Waals surface area contributed by atoms with Crippen LogP contribution in [0.3, 0.4) is 0 Å². The molecule has 0 atom stereocenters. The van der Waals surface area contributed by atoms with E-state index in [-0.39, 0.29) is 0 Å². The van der Waals surface area contributed by atoms with Crippen molar-refractivity contribution in [2.75, 3.05) is 20.3 Å². The van der Waals surface area contributed by atoms with Crippen molar-refractivity contribution in [2.24, 2.45) is 0 Å². The average Bonchev–Trinajstić information content (AvgIpc) is 2.29. The van der Waals surface area contributed by atoms with Gasteiger partial charge in [0.05, 0.1) is 6.61 Å². The molecule has 0 saturated carbocycles. The number of methoxy groups -OCH3 is 1. The van der Waals surface area contributed by atoms with E-state index < -0.39 is 0 Å². The van der Waals surface area contributed by atoms with Gasteiger partial charge in [0.1, 0.15) is 12.4 Å². The monoisotopic (exact) mass is 315 g/mol. The fourth-order valence-electron chi connectivity index (χ4n) is 1.68. The molecule has 4 heteroatoms. The summed E-state index contributed by atoms with van der Waals surface area (Å²) in [6, 6.07) is 4.63. The van der Waals surface area contributed by atoms with Crippen LogP contribution < -0.4 is 10.1 Å². The first-order valence-corrected chi connectivity index (χ1v) is 6.98. The molecule has 1 N–H and O–H groups in total. The number of hydrogen-bond acceptors (Lipinski definition) is 3. The number of halogens is 1. The third kappa shape index (κ3) is 4.96. The highest BCUT2D eigenvalue weighted by molar-refractivity contribution is 9.10. The Morgan fingerprint density at radius 3 is 2.61 bits per heavy atom. The Hall–Kier alpha value is -0.580. The van der Waals surface area contributed by atoms with Crippen molar-refractivity contribution in [1.82, 2.24) is 5.32 Å². The van der Waals surface area contributed by atoms with E-state index in [0.29, 0.717) is 19.3 Å². The third-order valence-corrected chi connectivity index (χ3v) is 3.01. The lowest BCUT2D eigenvalue weighted by atomic mass is 10.1. The summed E-state index contributed by atoms with van der Waals surface area (Å²) in [4.78, 5) is 0. The highest BCUT2D eigenvalue weighted by Gasteiger charge is 2.09. The van der Waals surface area contributed by atoms with E-state index in [9.17, 15) is 0 Å². The first-order chi connectivity index (χ1) is 8.54. The molecular formula is C14H22BrNO2. The fourth-order valence-corrected chi connectivity index (χ4v) is 2.30. The maximum atomic E-state index is 5.81. The second kappa shape index (κ2) is 7.77. The molecule has 102 valence electrons. The molecule has 0 saturated heterocycles. The van der Waals surface area contributed by atoms with Gasteiger partial charge in [0.2, 0.25) is 0 Å². The number of benzene rings is 1. The standard InChI is InChI=1S/C14H22BrNO2/c1-10(2)16-9-12-8-13(15)7-11(3)14(12)18-6-5-17-4/h7-8,10,16H,5-6,9H2,1-4H3. The predicted molar refractivity (Wildman–Crippen MR) is 78.2 cm³/mol. The van der Waals surface area contributed by atoms with Gasteiger partial charge in [0.15, 0.2) is 0 Å². The van der Waals surface area contributed by atoms with E-state index in [4.69, 9.17) is 9.47 Å². The molecule has 0 unspecified atom stereocenters. The van der Waals surface area contributed by atoms with Gasteiger partial charge < -0.3 is 14.8 Å². The molecule has 0 spiro atoms. The second-order valence-corrected chi connectivity index (χ2v) is 5.50. The molecule has 0 aliphatic carbocycles. The predicted octanol–water partition coefficient (Wildman–Crippen LogP) is 3.28. The molecular weight excluding hydrogens is 294 g/mol. The summed E-state index contributed by atoms with van der Waals surface area (Å²) in [7, 11) is 1.68. The van der Waals surface area contributed by atoms with Gasteiger partial charge in [-0.2, -0.15) is 0 Å². The number of ether oxygens (including phenoxy) is 2. The number of rotatable bonds is 7. The average molecular weight is 316 g/mol. The summed E-state index contributed by atoms with van der Waals surface area (Å²) < 4.78 is 11.9. The van der Waals surface area contributed by atoms with Gasteiger partial charge >= 0.3 is 0 Å².